The number of hydrogen-bond donors (Lipinski definition) is 1. The van der Waals surface area contributed by atoms with Gasteiger partial charge in [-0.25, -0.2) is 0 Å². The Morgan fingerprint density at radius 3 is 2.50 bits per heavy atom. The van der Waals surface area contributed by atoms with E-state index < -0.39 is 0 Å². The number of benzene rings is 2. The molecule has 0 aliphatic heterocycles. The molecule has 0 aliphatic carbocycles. The molecule has 2 nitrogen and oxygen atoms in total. The van der Waals surface area contributed by atoms with Crippen LogP contribution in [0, 0.1) is 0 Å². The zero-order valence-electron chi connectivity index (χ0n) is 9.31. The molecular weight excluding hydrogens is 198 g/mol. The Balaban J connectivity index is 2.48. The Morgan fingerprint density at radius 1 is 1.06 bits per heavy atom. The average molecular weight is 213 g/mol. The molecule has 0 heterocycles. The second-order valence-corrected chi connectivity index (χ2v) is 3.55. The highest BCUT2D eigenvalue weighted by molar-refractivity contribution is 5.72. The van der Waals surface area contributed by atoms with E-state index in [2.05, 4.69) is 12.1 Å². The number of nitrogen functional groups attached to an aromatic ring is 1. The fourth-order valence-corrected chi connectivity index (χ4v) is 1.67. The van der Waals surface area contributed by atoms with Gasteiger partial charge in [0.15, 0.2) is 0 Å². The summed E-state index contributed by atoms with van der Waals surface area (Å²) >= 11 is 0. The van der Waals surface area contributed by atoms with Gasteiger partial charge >= 0.3 is 0 Å². The lowest BCUT2D eigenvalue weighted by molar-refractivity contribution is 0.342. The quantitative estimate of drug-likeness (QED) is 0.794. The minimum atomic E-state index is 0.642. The second kappa shape index (κ2) is 4.71. The maximum absolute atomic E-state index is 5.76. The summed E-state index contributed by atoms with van der Waals surface area (Å²) in [6.45, 7) is 2.61. The van der Waals surface area contributed by atoms with Gasteiger partial charge in [0.2, 0.25) is 0 Å². The topological polar surface area (TPSA) is 35.2 Å². The largest absolute Gasteiger partial charge is 0.493 e. The van der Waals surface area contributed by atoms with Crippen LogP contribution in [0.4, 0.5) is 5.69 Å². The highest BCUT2D eigenvalue weighted by atomic mass is 16.5. The van der Waals surface area contributed by atoms with Crippen LogP contribution < -0.4 is 10.5 Å². The first-order valence-electron chi connectivity index (χ1n) is 5.39. The Labute approximate surface area is 95.7 Å². The lowest BCUT2D eigenvalue weighted by Crippen LogP contribution is -1.95. The number of ether oxygens (including phenoxy) is 1. The van der Waals surface area contributed by atoms with Gasteiger partial charge in [-0.15, -0.1) is 0 Å². The predicted octanol–water partition coefficient (Wildman–Crippen LogP) is 3.33. The molecule has 0 bridgehead atoms. The summed E-state index contributed by atoms with van der Waals surface area (Å²) in [6, 6.07) is 15.9. The van der Waals surface area contributed by atoms with Crippen molar-refractivity contribution in [2.45, 2.75) is 6.92 Å². The van der Waals surface area contributed by atoms with E-state index in [1.54, 1.807) is 0 Å². The van der Waals surface area contributed by atoms with E-state index in [9.17, 15) is 0 Å². The van der Waals surface area contributed by atoms with Gasteiger partial charge in [-0.1, -0.05) is 30.3 Å². The molecule has 0 unspecified atom stereocenters. The van der Waals surface area contributed by atoms with E-state index in [1.807, 2.05) is 43.3 Å². The molecule has 82 valence electrons. The van der Waals surface area contributed by atoms with Gasteiger partial charge in [0, 0.05) is 17.3 Å². The average Bonchev–Trinajstić information content (AvgIpc) is 2.31. The lowest BCUT2D eigenvalue weighted by Gasteiger charge is -2.11. The Kier molecular flexibility index (Phi) is 3.10. The van der Waals surface area contributed by atoms with Crippen molar-refractivity contribution >= 4 is 5.69 Å². The number of rotatable bonds is 3. The third-order valence-electron chi connectivity index (χ3n) is 2.39. The van der Waals surface area contributed by atoms with Gasteiger partial charge in [-0.3, -0.25) is 0 Å². The molecule has 0 fully saturated rings. The predicted molar refractivity (Wildman–Crippen MR) is 67.5 cm³/mol. The number of hydrogen-bond acceptors (Lipinski definition) is 2. The van der Waals surface area contributed by atoms with Crippen LogP contribution in [0.3, 0.4) is 0 Å². The Bertz CT molecular complexity index is 465. The van der Waals surface area contributed by atoms with Crippen molar-refractivity contribution in [2.24, 2.45) is 0 Å². The first-order chi connectivity index (χ1) is 7.81. The van der Waals surface area contributed by atoms with Gasteiger partial charge in [-0.05, 0) is 24.6 Å². The summed E-state index contributed by atoms with van der Waals surface area (Å²) in [5.41, 5.74) is 8.71. The van der Waals surface area contributed by atoms with Crippen LogP contribution in [0.1, 0.15) is 6.92 Å². The summed E-state index contributed by atoms with van der Waals surface area (Å²) in [4.78, 5) is 0. The first-order valence-corrected chi connectivity index (χ1v) is 5.39. The van der Waals surface area contributed by atoms with Gasteiger partial charge in [0.1, 0.15) is 5.75 Å². The Hall–Kier alpha value is -1.96. The van der Waals surface area contributed by atoms with E-state index >= 15 is 0 Å². The minimum absolute atomic E-state index is 0.642. The highest BCUT2D eigenvalue weighted by Gasteiger charge is 2.05. The third kappa shape index (κ3) is 2.16. The zero-order valence-corrected chi connectivity index (χ0v) is 9.31. The molecule has 2 aromatic carbocycles. The molecule has 0 radical (unpaired) electrons. The van der Waals surface area contributed by atoms with Gasteiger partial charge < -0.3 is 10.5 Å². The fraction of sp³-hybridized carbons (Fsp3) is 0.143. The maximum atomic E-state index is 5.76. The number of nitrogens with two attached hydrogens (primary N) is 1. The smallest absolute Gasteiger partial charge is 0.129 e. The fourth-order valence-electron chi connectivity index (χ4n) is 1.67. The van der Waals surface area contributed by atoms with Crippen LogP contribution in [-0.4, -0.2) is 6.61 Å². The molecule has 0 spiro atoms. The van der Waals surface area contributed by atoms with E-state index in [-0.39, 0.29) is 0 Å². The molecule has 16 heavy (non-hydrogen) atoms. The SMILES string of the molecule is CCOc1cc(N)ccc1-c1ccccc1. The molecule has 2 rings (SSSR count). The third-order valence-corrected chi connectivity index (χ3v) is 2.39. The normalized spacial score (nSPS) is 10.1. The second-order valence-electron chi connectivity index (χ2n) is 3.55. The van der Waals surface area contributed by atoms with Crippen LogP contribution >= 0.6 is 0 Å². The maximum Gasteiger partial charge on any atom is 0.129 e. The molecule has 0 atom stereocenters. The summed E-state index contributed by atoms with van der Waals surface area (Å²) in [5.74, 6) is 0.841. The lowest BCUT2D eigenvalue weighted by atomic mass is 10.0. The van der Waals surface area contributed by atoms with Crippen molar-refractivity contribution in [1.29, 1.82) is 0 Å². The summed E-state index contributed by atoms with van der Waals surface area (Å²) in [7, 11) is 0. The van der Waals surface area contributed by atoms with Crippen LogP contribution in [0.15, 0.2) is 48.5 Å². The zero-order chi connectivity index (χ0) is 11.4. The van der Waals surface area contributed by atoms with E-state index in [0.29, 0.717) is 6.61 Å². The Morgan fingerprint density at radius 2 is 1.81 bits per heavy atom. The molecule has 0 saturated heterocycles. The molecule has 0 aromatic heterocycles. The van der Waals surface area contributed by atoms with Gasteiger partial charge in [0.25, 0.3) is 0 Å². The van der Waals surface area contributed by atoms with Crippen LogP contribution in [0.5, 0.6) is 5.75 Å². The van der Waals surface area contributed by atoms with Gasteiger partial charge in [0.05, 0.1) is 6.61 Å². The summed E-state index contributed by atoms with van der Waals surface area (Å²) in [6.07, 6.45) is 0. The summed E-state index contributed by atoms with van der Waals surface area (Å²) < 4.78 is 5.59. The van der Waals surface area contributed by atoms with Gasteiger partial charge in [-0.2, -0.15) is 0 Å². The van der Waals surface area contributed by atoms with Crippen molar-refractivity contribution in [3.8, 4) is 16.9 Å². The summed E-state index contributed by atoms with van der Waals surface area (Å²) in [5, 5.41) is 0. The molecule has 0 saturated carbocycles. The molecule has 2 N–H and O–H groups in total. The monoisotopic (exact) mass is 213 g/mol. The first kappa shape index (κ1) is 10.6. The van der Waals surface area contributed by atoms with Crippen LogP contribution in [-0.2, 0) is 0 Å². The highest BCUT2D eigenvalue weighted by Crippen LogP contribution is 2.31. The molecule has 2 heteroatoms. The van der Waals surface area contributed by atoms with Crippen LogP contribution in [0.25, 0.3) is 11.1 Å². The molecule has 0 aliphatic rings. The van der Waals surface area contributed by atoms with E-state index in [4.69, 9.17) is 10.5 Å². The van der Waals surface area contributed by atoms with Crippen molar-refractivity contribution in [2.75, 3.05) is 12.3 Å². The van der Waals surface area contributed by atoms with Crippen LogP contribution in [0.2, 0.25) is 0 Å². The molecular formula is C14H15NO. The molecule has 2 aromatic rings. The van der Waals surface area contributed by atoms with Crippen molar-refractivity contribution in [3.63, 3.8) is 0 Å². The van der Waals surface area contributed by atoms with Crippen molar-refractivity contribution in [3.05, 3.63) is 48.5 Å². The molecule has 0 amide bonds. The minimum Gasteiger partial charge on any atom is -0.493 e. The van der Waals surface area contributed by atoms with E-state index in [0.717, 1.165) is 22.6 Å². The van der Waals surface area contributed by atoms with Crippen molar-refractivity contribution < 1.29 is 4.74 Å². The van der Waals surface area contributed by atoms with Crippen molar-refractivity contribution in [1.82, 2.24) is 0 Å². The number of anilines is 1. The van der Waals surface area contributed by atoms with E-state index in [1.165, 1.54) is 0 Å². The standard InChI is InChI=1S/C14H15NO/c1-2-16-14-10-12(15)8-9-13(14)11-6-4-3-5-7-11/h3-10H,2,15H2,1H3.